The van der Waals surface area contributed by atoms with Gasteiger partial charge in [0.15, 0.2) is 0 Å². The van der Waals surface area contributed by atoms with Crippen LogP contribution in [-0.2, 0) is 11.3 Å². The molecule has 4 nitrogen and oxygen atoms in total. The van der Waals surface area contributed by atoms with E-state index in [0.29, 0.717) is 24.9 Å². The Morgan fingerprint density at radius 1 is 1.26 bits per heavy atom. The third-order valence-electron chi connectivity index (χ3n) is 4.51. The fraction of sp³-hybridized carbons (Fsp3) is 0.389. The molecule has 1 aliphatic heterocycles. The summed E-state index contributed by atoms with van der Waals surface area (Å²) >= 11 is 0. The van der Waals surface area contributed by atoms with Crippen molar-refractivity contribution in [3.8, 4) is 11.3 Å². The minimum atomic E-state index is -0.728. The highest BCUT2D eigenvalue weighted by atomic mass is 19.1. The van der Waals surface area contributed by atoms with E-state index in [1.54, 1.807) is 12.1 Å². The molecular weight excluding hydrogens is 297 g/mol. The van der Waals surface area contributed by atoms with Crippen LogP contribution >= 0.6 is 0 Å². The number of carboxylic acid groups (broad SMARTS) is 1. The number of halogens is 1. The summed E-state index contributed by atoms with van der Waals surface area (Å²) < 4.78 is 18.8. The second-order valence-corrected chi connectivity index (χ2v) is 6.16. The van der Waals surface area contributed by atoms with Crippen LogP contribution in [0.4, 0.5) is 4.39 Å². The number of carboxylic acids is 1. The van der Waals surface area contributed by atoms with Crippen LogP contribution in [0.1, 0.15) is 25.5 Å². The van der Waals surface area contributed by atoms with Gasteiger partial charge >= 0.3 is 5.97 Å². The molecule has 1 aromatic carbocycles. The van der Waals surface area contributed by atoms with Gasteiger partial charge < -0.3 is 9.52 Å². The lowest BCUT2D eigenvalue weighted by Gasteiger charge is -2.35. The van der Waals surface area contributed by atoms with Gasteiger partial charge in [-0.3, -0.25) is 9.69 Å². The molecule has 1 N–H and O–H groups in total. The van der Waals surface area contributed by atoms with E-state index in [1.165, 1.54) is 12.1 Å². The first kappa shape index (κ1) is 15.7. The summed E-state index contributed by atoms with van der Waals surface area (Å²) in [5.41, 5.74) is 0.827. The second kappa shape index (κ2) is 6.54. The number of likely N-dealkylation sites (tertiary alicyclic amines) is 1. The Labute approximate surface area is 134 Å². The number of nitrogens with zero attached hydrogens (tertiary/aromatic N) is 1. The number of carbonyl (C=O) groups is 1. The van der Waals surface area contributed by atoms with Crippen LogP contribution in [0.25, 0.3) is 11.3 Å². The quantitative estimate of drug-likeness (QED) is 0.932. The summed E-state index contributed by atoms with van der Waals surface area (Å²) in [6.07, 6.45) is 1.61. The lowest BCUT2D eigenvalue weighted by atomic mass is 9.93. The average Bonchev–Trinajstić information content (AvgIpc) is 2.98. The number of hydrogen-bond acceptors (Lipinski definition) is 3. The molecule has 0 bridgehead atoms. The first-order valence-electron chi connectivity index (χ1n) is 7.84. The Bertz CT molecular complexity index is 680. The molecule has 2 heterocycles. The summed E-state index contributed by atoms with van der Waals surface area (Å²) in [5, 5.41) is 9.20. The Balaban J connectivity index is 1.70. The van der Waals surface area contributed by atoms with Crippen LogP contribution in [0, 0.1) is 11.7 Å². The molecule has 0 spiro atoms. The summed E-state index contributed by atoms with van der Waals surface area (Å²) in [4.78, 5) is 13.3. The maximum absolute atomic E-state index is 13.0. The van der Waals surface area contributed by atoms with Gasteiger partial charge in [-0.2, -0.15) is 0 Å². The number of rotatable bonds is 4. The summed E-state index contributed by atoms with van der Waals surface area (Å²) in [7, 11) is 0. The largest absolute Gasteiger partial charge is 0.481 e. The predicted octanol–water partition coefficient (Wildman–Crippen LogP) is 3.77. The van der Waals surface area contributed by atoms with Crippen molar-refractivity contribution in [1.82, 2.24) is 4.90 Å². The third-order valence-corrected chi connectivity index (χ3v) is 4.51. The van der Waals surface area contributed by atoms with Crippen molar-refractivity contribution in [2.24, 2.45) is 5.92 Å². The topological polar surface area (TPSA) is 53.7 Å². The summed E-state index contributed by atoms with van der Waals surface area (Å²) in [6, 6.07) is 10.3. The molecule has 1 saturated heterocycles. The van der Waals surface area contributed by atoms with E-state index >= 15 is 0 Å². The minimum Gasteiger partial charge on any atom is -0.481 e. The van der Waals surface area contributed by atoms with Gasteiger partial charge in [-0.25, -0.2) is 4.39 Å². The number of furan rings is 1. The van der Waals surface area contributed by atoms with Crippen LogP contribution in [0.5, 0.6) is 0 Å². The van der Waals surface area contributed by atoms with Crippen molar-refractivity contribution in [3.63, 3.8) is 0 Å². The zero-order valence-electron chi connectivity index (χ0n) is 13.0. The molecular formula is C18H20FNO3. The number of hydrogen-bond donors (Lipinski definition) is 1. The molecule has 122 valence electrons. The highest BCUT2D eigenvalue weighted by molar-refractivity contribution is 5.70. The lowest BCUT2D eigenvalue weighted by molar-refractivity contribution is -0.144. The molecule has 5 heteroatoms. The van der Waals surface area contributed by atoms with Crippen molar-refractivity contribution in [3.05, 3.63) is 48.0 Å². The Kier molecular flexibility index (Phi) is 4.48. The lowest BCUT2D eigenvalue weighted by Crippen LogP contribution is -2.43. The van der Waals surface area contributed by atoms with Gasteiger partial charge in [0.05, 0.1) is 12.5 Å². The van der Waals surface area contributed by atoms with Crippen molar-refractivity contribution >= 4 is 5.97 Å². The zero-order chi connectivity index (χ0) is 16.4. The van der Waals surface area contributed by atoms with E-state index in [1.807, 2.05) is 12.1 Å². The first-order chi connectivity index (χ1) is 11.0. The monoisotopic (exact) mass is 317 g/mol. The van der Waals surface area contributed by atoms with Gasteiger partial charge in [0.1, 0.15) is 17.3 Å². The number of benzene rings is 1. The third kappa shape index (κ3) is 3.62. The van der Waals surface area contributed by atoms with Crippen LogP contribution in [-0.4, -0.2) is 28.6 Å². The van der Waals surface area contributed by atoms with E-state index in [9.17, 15) is 14.3 Å². The summed E-state index contributed by atoms with van der Waals surface area (Å²) in [6.45, 7) is 3.25. The van der Waals surface area contributed by atoms with Crippen molar-refractivity contribution in [1.29, 1.82) is 0 Å². The molecule has 2 unspecified atom stereocenters. The molecule has 3 rings (SSSR count). The van der Waals surface area contributed by atoms with Crippen LogP contribution in [0.3, 0.4) is 0 Å². The standard InChI is InChI=1S/C18H20FNO3/c1-12-2-3-14(18(21)22)10-20(12)11-16-8-9-17(23-16)13-4-6-15(19)7-5-13/h4-9,12,14H,2-3,10-11H2,1H3,(H,21,22). The number of piperidine rings is 1. The number of aliphatic carboxylic acids is 1. The van der Waals surface area contributed by atoms with Crippen LogP contribution in [0.15, 0.2) is 40.8 Å². The van der Waals surface area contributed by atoms with Gasteiger partial charge in [-0.15, -0.1) is 0 Å². The maximum Gasteiger partial charge on any atom is 0.307 e. The Hall–Kier alpha value is -2.14. The van der Waals surface area contributed by atoms with Gasteiger partial charge in [0, 0.05) is 18.2 Å². The molecule has 1 aromatic heterocycles. The molecule has 0 saturated carbocycles. The second-order valence-electron chi connectivity index (χ2n) is 6.16. The molecule has 0 radical (unpaired) electrons. The van der Waals surface area contributed by atoms with Crippen LogP contribution < -0.4 is 0 Å². The SMILES string of the molecule is CC1CCC(C(=O)O)CN1Cc1ccc(-c2ccc(F)cc2)o1. The maximum atomic E-state index is 13.0. The van der Waals surface area contributed by atoms with E-state index in [0.717, 1.165) is 24.2 Å². The first-order valence-corrected chi connectivity index (χ1v) is 7.84. The van der Waals surface area contributed by atoms with Gasteiger partial charge in [-0.05, 0) is 56.2 Å². The van der Waals surface area contributed by atoms with Gasteiger partial charge in [0.2, 0.25) is 0 Å². The molecule has 0 aliphatic carbocycles. The van der Waals surface area contributed by atoms with Gasteiger partial charge in [-0.1, -0.05) is 0 Å². The Morgan fingerprint density at radius 3 is 2.70 bits per heavy atom. The van der Waals surface area contributed by atoms with Crippen molar-refractivity contribution in [2.75, 3.05) is 6.54 Å². The average molecular weight is 317 g/mol. The highest BCUT2D eigenvalue weighted by Gasteiger charge is 2.30. The zero-order valence-corrected chi connectivity index (χ0v) is 13.0. The highest BCUT2D eigenvalue weighted by Crippen LogP contribution is 2.27. The van der Waals surface area contributed by atoms with E-state index in [-0.39, 0.29) is 11.7 Å². The van der Waals surface area contributed by atoms with Crippen molar-refractivity contribution in [2.45, 2.75) is 32.4 Å². The van der Waals surface area contributed by atoms with E-state index < -0.39 is 5.97 Å². The smallest absolute Gasteiger partial charge is 0.307 e. The normalized spacial score (nSPS) is 22.2. The predicted molar refractivity (Wildman–Crippen MR) is 84.3 cm³/mol. The minimum absolute atomic E-state index is 0.276. The molecule has 1 aliphatic rings. The van der Waals surface area contributed by atoms with Gasteiger partial charge in [0.25, 0.3) is 0 Å². The molecule has 0 amide bonds. The fourth-order valence-corrected chi connectivity index (χ4v) is 3.03. The molecule has 2 aromatic rings. The fourth-order valence-electron chi connectivity index (χ4n) is 3.03. The van der Waals surface area contributed by atoms with Crippen molar-refractivity contribution < 1.29 is 18.7 Å². The van der Waals surface area contributed by atoms with Crippen LogP contribution in [0.2, 0.25) is 0 Å². The Morgan fingerprint density at radius 2 is 2.00 bits per heavy atom. The molecule has 1 fully saturated rings. The molecule has 2 atom stereocenters. The summed E-state index contributed by atoms with van der Waals surface area (Å²) in [5.74, 6) is 0.176. The van der Waals surface area contributed by atoms with E-state index in [4.69, 9.17) is 4.42 Å². The van der Waals surface area contributed by atoms with E-state index in [2.05, 4.69) is 11.8 Å². The molecule has 23 heavy (non-hydrogen) atoms.